The number of amides is 1. The second-order valence-corrected chi connectivity index (χ2v) is 6.71. The van der Waals surface area contributed by atoms with Crippen LogP contribution in [0.4, 0.5) is 0 Å². The summed E-state index contributed by atoms with van der Waals surface area (Å²) in [5.41, 5.74) is 3.89. The Morgan fingerprint density at radius 1 is 0.964 bits per heavy atom. The van der Waals surface area contributed by atoms with Crippen LogP contribution in [0.2, 0.25) is 0 Å². The summed E-state index contributed by atoms with van der Waals surface area (Å²) in [5.74, 6) is -0.530. The van der Waals surface area contributed by atoms with Crippen molar-refractivity contribution in [1.82, 2.24) is 4.90 Å². The minimum Gasteiger partial charge on any atom is -0.482 e. The summed E-state index contributed by atoms with van der Waals surface area (Å²) in [5, 5.41) is 0. The predicted molar refractivity (Wildman–Crippen MR) is 105 cm³/mol. The molecule has 1 amide bonds. The van der Waals surface area contributed by atoms with E-state index in [-0.39, 0.29) is 24.9 Å². The molecule has 0 spiro atoms. The van der Waals surface area contributed by atoms with Gasteiger partial charge in [-0.3, -0.25) is 9.59 Å². The third-order valence-corrected chi connectivity index (χ3v) is 4.31. The Morgan fingerprint density at radius 2 is 1.64 bits per heavy atom. The summed E-state index contributed by atoms with van der Waals surface area (Å²) in [7, 11) is 1.67. The molecule has 148 valence electrons. The first kappa shape index (κ1) is 21.2. The van der Waals surface area contributed by atoms with Gasteiger partial charge >= 0.3 is 5.97 Å². The monoisotopic (exact) mass is 383 g/mol. The van der Waals surface area contributed by atoms with E-state index in [1.807, 2.05) is 26.0 Å². The fourth-order valence-electron chi connectivity index (χ4n) is 2.59. The van der Waals surface area contributed by atoms with Crippen molar-refractivity contribution >= 4 is 17.7 Å². The number of hydrogen-bond acceptors (Lipinski definition) is 5. The van der Waals surface area contributed by atoms with Crippen molar-refractivity contribution in [2.75, 3.05) is 20.3 Å². The summed E-state index contributed by atoms with van der Waals surface area (Å²) in [4.78, 5) is 36.7. The van der Waals surface area contributed by atoms with Crippen LogP contribution < -0.4 is 4.74 Å². The lowest BCUT2D eigenvalue weighted by atomic mass is 10.1. The van der Waals surface area contributed by atoms with Crippen LogP contribution in [0.25, 0.3) is 0 Å². The molecule has 0 saturated carbocycles. The highest BCUT2D eigenvalue weighted by molar-refractivity contribution is 5.94. The lowest BCUT2D eigenvalue weighted by Gasteiger charge is -2.18. The van der Waals surface area contributed by atoms with Crippen LogP contribution in [0.1, 0.15) is 34.0 Å². The topological polar surface area (TPSA) is 72.9 Å². The highest BCUT2D eigenvalue weighted by atomic mass is 16.6. The first-order chi connectivity index (χ1) is 13.3. The summed E-state index contributed by atoms with van der Waals surface area (Å²) in [6.45, 7) is 5.29. The highest BCUT2D eigenvalue weighted by Crippen LogP contribution is 2.13. The fourth-order valence-corrected chi connectivity index (χ4v) is 2.59. The molecule has 0 aliphatic heterocycles. The molecule has 0 unspecified atom stereocenters. The van der Waals surface area contributed by atoms with Crippen LogP contribution in [0.5, 0.6) is 5.75 Å². The van der Waals surface area contributed by atoms with E-state index in [1.165, 1.54) is 17.4 Å². The number of esters is 1. The normalized spacial score (nSPS) is 10.3. The number of ether oxygens (including phenoxy) is 2. The molecule has 0 radical (unpaired) electrons. The molecule has 0 aliphatic rings. The Kier molecular flexibility index (Phi) is 7.32. The van der Waals surface area contributed by atoms with E-state index in [9.17, 15) is 14.4 Å². The number of benzene rings is 2. The first-order valence-corrected chi connectivity index (χ1v) is 8.96. The van der Waals surface area contributed by atoms with Crippen molar-refractivity contribution < 1.29 is 23.9 Å². The Morgan fingerprint density at radius 3 is 2.25 bits per heavy atom. The summed E-state index contributed by atoms with van der Waals surface area (Å²) < 4.78 is 10.3. The molecule has 0 atom stereocenters. The molecule has 0 bridgehead atoms. The van der Waals surface area contributed by atoms with Crippen molar-refractivity contribution in [1.29, 1.82) is 0 Å². The standard InChI is InChI=1S/C22H25NO5/c1-15-5-6-19(16(2)11-15)12-23(4)21(25)13-28-22(26)14-27-20-9-7-18(8-10-20)17(3)24/h5-11H,12-14H2,1-4H3. The molecular formula is C22H25NO5. The van der Waals surface area contributed by atoms with Gasteiger partial charge < -0.3 is 14.4 Å². The van der Waals surface area contributed by atoms with E-state index >= 15 is 0 Å². The van der Waals surface area contributed by atoms with Gasteiger partial charge in [-0.2, -0.15) is 0 Å². The zero-order chi connectivity index (χ0) is 20.7. The number of rotatable bonds is 8. The number of likely N-dealkylation sites (N-methyl/N-ethyl adjacent to an activating group) is 1. The van der Waals surface area contributed by atoms with Gasteiger partial charge in [0.25, 0.3) is 5.91 Å². The molecule has 0 aromatic heterocycles. The van der Waals surface area contributed by atoms with Crippen LogP contribution in [-0.2, 0) is 20.9 Å². The Hall–Kier alpha value is -3.15. The van der Waals surface area contributed by atoms with Crippen molar-refractivity contribution in [3.05, 3.63) is 64.7 Å². The summed E-state index contributed by atoms with van der Waals surface area (Å²) in [6, 6.07) is 12.5. The summed E-state index contributed by atoms with van der Waals surface area (Å²) >= 11 is 0. The number of carbonyl (C=O) groups excluding carboxylic acids is 3. The maximum absolute atomic E-state index is 12.2. The van der Waals surface area contributed by atoms with Gasteiger partial charge in [-0.15, -0.1) is 0 Å². The van der Waals surface area contributed by atoms with E-state index < -0.39 is 5.97 Å². The molecule has 0 heterocycles. The largest absolute Gasteiger partial charge is 0.482 e. The third-order valence-electron chi connectivity index (χ3n) is 4.31. The maximum atomic E-state index is 12.2. The van der Waals surface area contributed by atoms with Crippen molar-refractivity contribution in [2.45, 2.75) is 27.3 Å². The van der Waals surface area contributed by atoms with Crippen LogP contribution in [0, 0.1) is 13.8 Å². The smallest absolute Gasteiger partial charge is 0.344 e. The fraction of sp³-hybridized carbons (Fsp3) is 0.318. The molecule has 0 saturated heterocycles. The zero-order valence-corrected chi connectivity index (χ0v) is 16.7. The molecule has 2 rings (SSSR count). The molecule has 6 nitrogen and oxygen atoms in total. The van der Waals surface area contributed by atoms with Gasteiger partial charge in [0.15, 0.2) is 19.0 Å². The molecular weight excluding hydrogens is 358 g/mol. The average Bonchev–Trinajstić information content (AvgIpc) is 2.66. The Labute approximate surface area is 165 Å². The molecule has 28 heavy (non-hydrogen) atoms. The lowest BCUT2D eigenvalue weighted by molar-refractivity contribution is -0.153. The summed E-state index contributed by atoms with van der Waals surface area (Å²) in [6.07, 6.45) is 0. The molecule has 2 aromatic carbocycles. The van der Waals surface area contributed by atoms with Gasteiger partial charge in [-0.05, 0) is 56.2 Å². The number of hydrogen-bond donors (Lipinski definition) is 0. The van der Waals surface area contributed by atoms with Crippen LogP contribution in [-0.4, -0.2) is 42.8 Å². The SMILES string of the molecule is CC(=O)c1ccc(OCC(=O)OCC(=O)N(C)Cc2ccc(C)cc2C)cc1. The van der Waals surface area contributed by atoms with E-state index in [2.05, 4.69) is 6.07 Å². The van der Waals surface area contributed by atoms with Crippen LogP contribution >= 0.6 is 0 Å². The van der Waals surface area contributed by atoms with E-state index in [0.717, 1.165) is 11.1 Å². The molecule has 2 aromatic rings. The second kappa shape index (κ2) is 9.69. The van der Waals surface area contributed by atoms with E-state index in [4.69, 9.17) is 9.47 Å². The minimum absolute atomic E-state index is 0.0468. The van der Waals surface area contributed by atoms with E-state index in [1.54, 1.807) is 31.3 Å². The van der Waals surface area contributed by atoms with Crippen molar-refractivity contribution in [2.24, 2.45) is 0 Å². The number of aryl methyl sites for hydroxylation is 2. The third kappa shape index (κ3) is 6.23. The van der Waals surface area contributed by atoms with Crippen molar-refractivity contribution in [3.8, 4) is 5.75 Å². The van der Waals surface area contributed by atoms with Gasteiger partial charge in [0.2, 0.25) is 0 Å². The second-order valence-electron chi connectivity index (χ2n) is 6.71. The number of carbonyl (C=O) groups is 3. The van der Waals surface area contributed by atoms with Crippen LogP contribution in [0.3, 0.4) is 0 Å². The number of Topliss-reactive ketones (excluding diaryl/α,β-unsaturated/α-hetero) is 1. The van der Waals surface area contributed by atoms with E-state index in [0.29, 0.717) is 17.9 Å². The van der Waals surface area contributed by atoms with Crippen LogP contribution in [0.15, 0.2) is 42.5 Å². The van der Waals surface area contributed by atoms with Gasteiger partial charge in [0.1, 0.15) is 5.75 Å². The Bertz CT molecular complexity index is 858. The average molecular weight is 383 g/mol. The molecule has 0 fully saturated rings. The molecule has 0 aliphatic carbocycles. The first-order valence-electron chi connectivity index (χ1n) is 8.96. The van der Waals surface area contributed by atoms with Gasteiger partial charge in [-0.25, -0.2) is 4.79 Å². The maximum Gasteiger partial charge on any atom is 0.344 e. The Balaban J connectivity index is 1.76. The number of ketones is 1. The number of nitrogens with zero attached hydrogens (tertiary/aromatic N) is 1. The highest BCUT2D eigenvalue weighted by Gasteiger charge is 2.14. The minimum atomic E-state index is -0.635. The van der Waals surface area contributed by atoms with Gasteiger partial charge in [0.05, 0.1) is 0 Å². The van der Waals surface area contributed by atoms with Gasteiger partial charge in [-0.1, -0.05) is 23.8 Å². The molecule has 6 heteroatoms. The molecule has 0 N–H and O–H groups in total. The zero-order valence-electron chi connectivity index (χ0n) is 16.7. The predicted octanol–water partition coefficient (Wildman–Crippen LogP) is 3.09. The lowest BCUT2D eigenvalue weighted by Crippen LogP contribution is -2.31. The van der Waals surface area contributed by atoms with Crippen molar-refractivity contribution in [3.63, 3.8) is 0 Å². The van der Waals surface area contributed by atoms with Gasteiger partial charge in [0, 0.05) is 19.2 Å². The quantitative estimate of drug-likeness (QED) is 0.517.